The Morgan fingerprint density at radius 3 is 1.90 bits per heavy atom. The highest BCUT2D eigenvalue weighted by atomic mass is 16.3. The molecule has 0 saturated heterocycles. The highest BCUT2D eigenvalue weighted by Crippen LogP contribution is 2.58. The number of fused-ring (bicyclic) bond motifs is 6. The number of nitriles is 1. The fourth-order valence-electron chi connectivity index (χ4n) is 8.95. The summed E-state index contributed by atoms with van der Waals surface area (Å²) in [5.74, 6) is 0.116. The first-order valence-corrected chi connectivity index (χ1v) is 16.5. The maximum atomic E-state index is 10.4. The van der Waals surface area contributed by atoms with Crippen LogP contribution in [0.5, 0.6) is 0 Å². The zero-order valence-electron chi connectivity index (χ0n) is 25.8. The molecule has 12 rings (SSSR count). The van der Waals surface area contributed by atoms with Crippen LogP contribution in [0.15, 0.2) is 150 Å². The quantitative estimate of drug-likeness (QED) is 0.195. The summed E-state index contributed by atoms with van der Waals surface area (Å²) in [4.78, 5) is 0. The molecule has 0 fully saturated rings. The van der Waals surface area contributed by atoms with Gasteiger partial charge in [0, 0.05) is 33.4 Å². The molecule has 3 aliphatic carbocycles. The largest absolute Gasteiger partial charge is 0.454 e. The van der Waals surface area contributed by atoms with Crippen molar-refractivity contribution in [2.75, 3.05) is 0 Å². The molecule has 2 bridgehead atoms. The second kappa shape index (κ2) is 9.35. The van der Waals surface area contributed by atoms with Gasteiger partial charge in [-0.05, 0) is 80.9 Å². The van der Waals surface area contributed by atoms with E-state index in [0.717, 1.165) is 55.3 Å². The molecule has 3 heteroatoms. The van der Waals surface area contributed by atoms with Gasteiger partial charge >= 0.3 is 0 Å². The van der Waals surface area contributed by atoms with Gasteiger partial charge in [-0.3, -0.25) is 0 Å². The van der Waals surface area contributed by atoms with Crippen LogP contribution in [0.1, 0.15) is 50.8 Å². The third kappa shape index (κ3) is 3.21. The molecular formula is C45H26N2O. The van der Waals surface area contributed by atoms with Crippen molar-refractivity contribution in [1.29, 1.82) is 5.26 Å². The maximum absolute atomic E-state index is 10.4. The van der Waals surface area contributed by atoms with Crippen LogP contribution in [0.3, 0.4) is 0 Å². The van der Waals surface area contributed by atoms with E-state index in [-0.39, 0.29) is 11.8 Å². The molecule has 222 valence electrons. The summed E-state index contributed by atoms with van der Waals surface area (Å²) >= 11 is 0. The van der Waals surface area contributed by atoms with Crippen LogP contribution in [0.2, 0.25) is 0 Å². The molecule has 3 aliphatic rings. The van der Waals surface area contributed by atoms with E-state index in [1.807, 2.05) is 18.2 Å². The molecule has 9 aromatic rings. The Morgan fingerprint density at radius 2 is 1.15 bits per heavy atom. The number of aromatic nitrogens is 1. The van der Waals surface area contributed by atoms with Gasteiger partial charge in [0.2, 0.25) is 0 Å². The molecule has 0 atom stereocenters. The molecule has 0 aliphatic heterocycles. The fraction of sp³-hybridized carbons (Fsp3) is 0.0444. The lowest BCUT2D eigenvalue weighted by Gasteiger charge is -2.43. The lowest BCUT2D eigenvalue weighted by molar-refractivity contribution is 0.666. The van der Waals surface area contributed by atoms with Crippen molar-refractivity contribution in [2.45, 2.75) is 11.8 Å². The first kappa shape index (κ1) is 25.8. The van der Waals surface area contributed by atoms with Gasteiger partial charge in [-0.2, -0.15) is 5.26 Å². The van der Waals surface area contributed by atoms with E-state index in [1.165, 1.54) is 44.2 Å². The topological polar surface area (TPSA) is 41.9 Å². The Labute approximate surface area is 276 Å². The number of para-hydroxylation sites is 3. The zero-order valence-corrected chi connectivity index (χ0v) is 25.8. The van der Waals surface area contributed by atoms with E-state index >= 15 is 0 Å². The second-order valence-electron chi connectivity index (χ2n) is 13.1. The van der Waals surface area contributed by atoms with E-state index in [0.29, 0.717) is 0 Å². The van der Waals surface area contributed by atoms with Gasteiger partial charge in [0.25, 0.3) is 0 Å². The summed E-state index contributed by atoms with van der Waals surface area (Å²) < 4.78 is 8.87. The normalized spacial score (nSPS) is 15.9. The van der Waals surface area contributed by atoms with Gasteiger partial charge < -0.3 is 8.98 Å². The minimum Gasteiger partial charge on any atom is -0.454 e. The van der Waals surface area contributed by atoms with Gasteiger partial charge in [0.1, 0.15) is 5.58 Å². The van der Waals surface area contributed by atoms with E-state index in [1.54, 1.807) is 0 Å². The van der Waals surface area contributed by atoms with Crippen LogP contribution in [0, 0.1) is 11.3 Å². The average molecular weight is 611 g/mol. The molecule has 0 N–H and O–H groups in total. The van der Waals surface area contributed by atoms with Crippen LogP contribution < -0.4 is 0 Å². The first-order valence-electron chi connectivity index (χ1n) is 16.5. The number of hydrogen-bond acceptors (Lipinski definition) is 2. The van der Waals surface area contributed by atoms with E-state index in [9.17, 15) is 5.26 Å². The third-order valence-electron chi connectivity index (χ3n) is 10.8. The molecule has 2 heterocycles. The standard InChI is InChI=1S/C45H26N2O/c46-25-27-20-22-28(44-41(27)42-31-12-1-3-14-33(31)43(44)34-15-4-2-13-32(34)42)26-21-23-38-36(24-26)29-10-5-7-17-37(29)47(38)39-18-9-16-35-30-11-6-8-19-40(30)48-45(35)39/h1-24,42-43H. The molecule has 48 heavy (non-hydrogen) atoms. The lowest BCUT2D eigenvalue weighted by atomic mass is 9.59. The Bertz CT molecular complexity index is 2830. The number of benzene rings is 7. The van der Waals surface area contributed by atoms with Crippen molar-refractivity contribution in [2.24, 2.45) is 0 Å². The highest BCUT2D eigenvalue weighted by Gasteiger charge is 2.43. The van der Waals surface area contributed by atoms with Crippen LogP contribution in [0.4, 0.5) is 0 Å². The Balaban J connectivity index is 1.18. The van der Waals surface area contributed by atoms with Crippen LogP contribution in [0.25, 0.3) is 60.6 Å². The minimum atomic E-state index is 0.0435. The Morgan fingerprint density at radius 1 is 0.521 bits per heavy atom. The first-order chi connectivity index (χ1) is 23.8. The van der Waals surface area contributed by atoms with Crippen molar-refractivity contribution >= 4 is 43.7 Å². The minimum absolute atomic E-state index is 0.0435. The van der Waals surface area contributed by atoms with Crippen LogP contribution >= 0.6 is 0 Å². The number of rotatable bonds is 2. The Hall–Kier alpha value is -6.37. The second-order valence-corrected chi connectivity index (χ2v) is 13.1. The number of hydrogen-bond donors (Lipinski definition) is 0. The molecule has 0 unspecified atom stereocenters. The summed E-state index contributed by atoms with van der Waals surface area (Å²) in [7, 11) is 0. The van der Waals surface area contributed by atoms with Gasteiger partial charge in [0.05, 0.1) is 28.4 Å². The monoisotopic (exact) mass is 610 g/mol. The summed E-state index contributed by atoms with van der Waals surface area (Å²) in [5.41, 5.74) is 16.0. The number of furan rings is 1. The molecule has 2 aromatic heterocycles. The predicted octanol–water partition coefficient (Wildman–Crippen LogP) is 11.2. The average Bonchev–Trinajstić information content (AvgIpc) is 3.70. The summed E-state index contributed by atoms with van der Waals surface area (Å²) in [6, 6.07) is 54.7. The van der Waals surface area contributed by atoms with Crippen LogP contribution in [-0.2, 0) is 0 Å². The van der Waals surface area contributed by atoms with E-state index < -0.39 is 0 Å². The summed E-state index contributed by atoms with van der Waals surface area (Å²) in [5, 5.41) is 15.0. The molecule has 0 radical (unpaired) electrons. The van der Waals surface area contributed by atoms with Crippen molar-refractivity contribution in [1.82, 2.24) is 4.57 Å². The van der Waals surface area contributed by atoms with Gasteiger partial charge in [0.15, 0.2) is 5.58 Å². The van der Waals surface area contributed by atoms with Crippen molar-refractivity contribution in [3.8, 4) is 22.9 Å². The maximum Gasteiger partial charge on any atom is 0.159 e. The van der Waals surface area contributed by atoms with Gasteiger partial charge in [-0.1, -0.05) is 109 Å². The van der Waals surface area contributed by atoms with Crippen LogP contribution in [-0.4, -0.2) is 4.57 Å². The van der Waals surface area contributed by atoms with Crippen molar-refractivity contribution < 1.29 is 4.42 Å². The lowest BCUT2D eigenvalue weighted by Crippen LogP contribution is -2.29. The third-order valence-corrected chi connectivity index (χ3v) is 10.8. The fourth-order valence-corrected chi connectivity index (χ4v) is 8.95. The molecular weight excluding hydrogens is 585 g/mol. The molecule has 0 amide bonds. The molecule has 7 aromatic carbocycles. The molecule has 0 saturated carbocycles. The predicted molar refractivity (Wildman–Crippen MR) is 193 cm³/mol. The van der Waals surface area contributed by atoms with E-state index in [4.69, 9.17) is 4.42 Å². The van der Waals surface area contributed by atoms with Gasteiger partial charge in [-0.25, -0.2) is 0 Å². The highest BCUT2D eigenvalue weighted by molar-refractivity contribution is 6.13. The summed E-state index contributed by atoms with van der Waals surface area (Å²) in [6.45, 7) is 0. The van der Waals surface area contributed by atoms with Gasteiger partial charge in [-0.15, -0.1) is 0 Å². The van der Waals surface area contributed by atoms with Crippen molar-refractivity contribution in [3.63, 3.8) is 0 Å². The SMILES string of the molecule is N#Cc1ccc(-c2ccc3c(c2)c2ccccc2n3-c2cccc3c2oc2ccccc23)c2c1C1c3ccccc3C2c2ccccc21. The molecule has 3 nitrogen and oxygen atoms in total. The zero-order chi connectivity index (χ0) is 31.5. The van der Waals surface area contributed by atoms with E-state index in [2.05, 4.69) is 138 Å². The number of nitrogens with zero attached hydrogens (tertiary/aromatic N) is 2. The molecule has 0 spiro atoms. The van der Waals surface area contributed by atoms with Crippen molar-refractivity contribution in [3.05, 3.63) is 185 Å². The smallest absolute Gasteiger partial charge is 0.159 e. The summed E-state index contributed by atoms with van der Waals surface area (Å²) in [6.07, 6.45) is 0. The Kier molecular flexibility index (Phi) is 5.02.